The Morgan fingerprint density at radius 3 is 2.33 bits per heavy atom. The van der Waals surface area contributed by atoms with Crippen LogP contribution in [-0.2, 0) is 28.7 Å². The van der Waals surface area contributed by atoms with Gasteiger partial charge in [0, 0.05) is 51.3 Å². The fraction of sp³-hybridized carbons (Fsp3) is 0.595. The number of esters is 1. The molecule has 1 aromatic carbocycles. The van der Waals surface area contributed by atoms with Crippen molar-refractivity contribution in [2.75, 3.05) is 59.2 Å². The highest BCUT2D eigenvalue weighted by Crippen LogP contribution is 2.31. The first kappa shape index (κ1) is 38.5. The lowest BCUT2D eigenvalue weighted by Gasteiger charge is -2.40. The first-order valence-corrected chi connectivity index (χ1v) is 18.7. The van der Waals surface area contributed by atoms with Gasteiger partial charge in [-0.25, -0.2) is 9.48 Å². The van der Waals surface area contributed by atoms with Crippen LogP contribution in [-0.4, -0.2) is 143 Å². The molecule has 0 radical (unpaired) electrons. The molecule has 6 rings (SSSR count). The molecule has 17 heteroatoms. The predicted octanol–water partition coefficient (Wildman–Crippen LogP) is 1.58. The van der Waals surface area contributed by atoms with Gasteiger partial charge in [0.05, 0.1) is 24.3 Å². The third-order valence-electron chi connectivity index (χ3n) is 10.8. The summed E-state index contributed by atoms with van der Waals surface area (Å²) in [7, 11) is 0. The van der Waals surface area contributed by atoms with E-state index in [0.29, 0.717) is 38.3 Å². The molecule has 292 valence electrons. The van der Waals surface area contributed by atoms with E-state index < -0.39 is 42.6 Å². The molecule has 1 saturated carbocycles. The standard InChI is InChI=1S/C37H49N7O10/c1-2-37(22-52-23-37)24-54-32(46)14-13-27(35(49)41-16-18-42(19-17-41)36(50)51)39-33(47)28-20-31(44(40-28)26-10-4-3-5-11-26)53-21-30(45)43-15-7-12-29(43)34(48)38-25-8-6-9-25/h3-5,10-11,20,25,27,29H,2,6-9,12-19,21-24H2,1H3,(H,38,48)(H,39,47)(H,50,51)/t27-,29-/m0/s1. The zero-order chi connectivity index (χ0) is 38.2. The van der Waals surface area contributed by atoms with Gasteiger partial charge < -0.3 is 44.7 Å². The molecular formula is C37H49N7O10. The van der Waals surface area contributed by atoms with Crippen molar-refractivity contribution < 1.29 is 48.1 Å². The number of carboxylic acid groups (broad SMARTS) is 1. The zero-order valence-electron chi connectivity index (χ0n) is 30.6. The number of ether oxygens (including phenoxy) is 3. The lowest BCUT2D eigenvalue weighted by molar-refractivity contribution is -0.170. The largest absolute Gasteiger partial charge is 0.467 e. The molecule has 17 nitrogen and oxygen atoms in total. The van der Waals surface area contributed by atoms with Gasteiger partial charge in [0.2, 0.25) is 17.7 Å². The van der Waals surface area contributed by atoms with Crippen molar-refractivity contribution in [3.05, 3.63) is 42.1 Å². The molecule has 3 N–H and O–H groups in total. The van der Waals surface area contributed by atoms with E-state index in [9.17, 15) is 33.9 Å². The average molecular weight is 752 g/mol. The summed E-state index contributed by atoms with van der Waals surface area (Å²) in [4.78, 5) is 82.4. The number of rotatable bonds is 15. The summed E-state index contributed by atoms with van der Waals surface area (Å²) in [5.74, 6) is -2.14. The number of piperazine rings is 1. The number of nitrogens with zero attached hydrogens (tertiary/aromatic N) is 5. The minimum atomic E-state index is -1.15. The average Bonchev–Trinajstić information content (AvgIpc) is 3.82. The maximum Gasteiger partial charge on any atom is 0.407 e. The lowest BCUT2D eigenvalue weighted by Crippen LogP contribution is -2.55. The van der Waals surface area contributed by atoms with Crippen LogP contribution in [0.1, 0.15) is 68.8 Å². The van der Waals surface area contributed by atoms with Crippen LogP contribution in [0.2, 0.25) is 0 Å². The normalized spacial score (nSPS) is 19.9. The molecule has 2 aromatic rings. The topological polar surface area (TPSA) is 202 Å². The van der Waals surface area contributed by atoms with E-state index in [1.807, 2.05) is 13.0 Å². The highest BCUT2D eigenvalue weighted by Gasteiger charge is 2.39. The van der Waals surface area contributed by atoms with Crippen LogP contribution in [0.4, 0.5) is 4.79 Å². The Morgan fingerprint density at radius 2 is 1.70 bits per heavy atom. The van der Waals surface area contributed by atoms with Gasteiger partial charge in [0.15, 0.2) is 12.3 Å². The van der Waals surface area contributed by atoms with E-state index in [4.69, 9.17) is 14.2 Å². The summed E-state index contributed by atoms with van der Waals surface area (Å²) in [5.41, 5.74) is 0.225. The smallest absolute Gasteiger partial charge is 0.407 e. The van der Waals surface area contributed by atoms with E-state index >= 15 is 0 Å². The molecule has 4 heterocycles. The van der Waals surface area contributed by atoms with E-state index in [1.54, 1.807) is 24.3 Å². The molecule has 4 fully saturated rings. The predicted molar refractivity (Wildman–Crippen MR) is 191 cm³/mol. The van der Waals surface area contributed by atoms with Crippen LogP contribution in [0, 0.1) is 5.41 Å². The Balaban J connectivity index is 1.14. The highest BCUT2D eigenvalue weighted by atomic mass is 16.5. The summed E-state index contributed by atoms with van der Waals surface area (Å²) in [5, 5.41) is 19.6. The second-order valence-electron chi connectivity index (χ2n) is 14.5. The van der Waals surface area contributed by atoms with Gasteiger partial charge in [0.25, 0.3) is 11.8 Å². The summed E-state index contributed by atoms with van der Waals surface area (Å²) < 4.78 is 18.2. The van der Waals surface area contributed by atoms with Crippen LogP contribution in [0.25, 0.3) is 5.69 Å². The van der Waals surface area contributed by atoms with Crippen molar-refractivity contribution >= 4 is 35.7 Å². The number of likely N-dealkylation sites (tertiary alicyclic amines) is 1. The van der Waals surface area contributed by atoms with Crippen LogP contribution in [0.5, 0.6) is 5.88 Å². The van der Waals surface area contributed by atoms with Gasteiger partial charge in [-0.3, -0.25) is 24.0 Å². The first-order chi connectivity index (χ1) is 26.1. The van der Waals surface area contributed by atoms with Gasteiger partial charge in [-0.2, -0.15) is 5.10 Å². The summed E-state index contributed by atoms with van der Waals surface area (Å²) in [6.07, 6.45) is 3.70. The molecule has 5 amide bonds. The molecule has 1 aromatic heterocycles. The Morgan fingerprint density at radius 1 is 0.981 bits per heavy atom. The fourth-order valence-electron chi connectivity index (χ4n) is 6.91. The highest BCUT2D eigenvalue weighted by molar-refractivity contribution is 5.96. The Bertz CT molecular complexity index is 1680. The van der Waals surface area contributed by atoms with Crippen molar-refractivity contribution in [3.63, 3.8) is 0 Å². The molecule has 3 aliphatic heterocycles. The van der Waals surface area contributed by atoms with Crippen LogP contribution in [0.3, 0.4) is 0 Å². The Kier molecular flexibility index (Phi) is 12.3. The number of hydrogen-bond acceptors (Lipinski definition) is 10. The second-order valence-corrected chi connectivity index (χ2v) is 14.5. The van der Waals surface area contributed by atoms with E-state index in [-0.39, 0.29) is 80.5 Å². The maximum absolute atomic E-state index is 13.8. The third kappa shape index (κ3) is 9.12. The van der Waals surface area contributed by atoms with Gasteiger partial charge in [-0.05, 0) is 57.1 Å². The summed E-state index contributed by atoms with van der Waals surface area (Å²) >= 11 is 0. The minimum absolute atomic E-state index is 0.0687. The van der Waals surface area contributed by atoms with Crippen LogP contribution in [0.15, 0.2) is 36.4 Å². The van der Waals surface area contributed by atoms with Gasteiger partial charge in [-0.15, -0.1) is 0 Å². The van der Waals surface area contributed by atoms with Crippen molar-refractivity contribution in [2.24, 2.45) is 5.41 Å². The van der Waals surface area contributed by atoms with Crippen molar-refractivity contribution in [1.82, 2.24) is 35.1 Å². The van der Waals surface area contributed by atoms with E-state index in [2.05, 4.69) is 15.7 Å². The number of hydrogen-bond donors (Lipinski definition) is 3. The van der Waals surface area contributed by atoms with E-state index in [1.165, 1.54) is 25.4 Å². The number of aromatic nitrogens is 2. The summed E-state index contributed by atoms with van der Waals surface area (Å²) in [6, 6.07) is 8.66. The van der Waals surface area contributed by atoms with Crippen LogP contribution < -0.4 is 15.4 Å². The monoisotopic (exact) mass is 751 g/mol. The molecule has 2 atom stereocenters. The third-order valence-corrected chi connectivity index (χ3v) is 10.8. The molecule has 4 aliphatic rings. The zero-order valence-corrected chi connectivity index (χ0v) is 30.6. The summed E-state index contributed by atoms with van der Waals surface area (Å²) in [6.45, 7) is 3.68. The van der Waals surface area contributed by atoms with Crippen molar-refractivity contribution in [1.29, 1.82) is 0 Å². The van der Waals surface area contributed by atoms with E-state index in [0.717, 1.165) is 25.7 Å². The number of benzene rings is 1. The number of nitrogens with one attached hydrogen (secondary N) is 2. The molecule has 3 saturated heterocycles. The number of amides is 5. The molecule has 0 spiro atoms. The molecular weight excluding hydrogens is 702 g/mol. The Hall–Kier alpha value is -5.19. The second kappa shape index (κ2) is 17.3. The molecule has 1 aliphatic carbocycles. The lowest BCUT2D eigenvalue weighted by atomic mass is 9.84. The van der Waals surface area contributed by atoms with Gasteiger partial charge >= 0.3 is 12.1 Å². The maximum atomic E-state index is 13.8. The number of carbonyl (C=O) groups is 6. The quantitative estimate of drug-likeness (QED) is 0.223. The van der Waals surface area contributed by atoms with Gasteiger partial charge in [0.1, 0.15) is 18.7 Å². The molecule has 0 unspecified atom stereocenters. The van der Waals surface area contributed by atoms with Crippen LogP contribution >= 0.6 is 0 Å². The fourth-order valence-corrected chi connectivity index (χ4v) is 6.91. The minimum Gasteiger partial charge on any atom is -0.467 e. The number of para-hydroxylation sites is 1. The van der Waals surface area contributed by atoms with Crippen molar-refractivity contribution in [3.8, 4) is 11.6 Å². The van der Waals surface area contributed by atoms with Crippen molar-refractivity contribution in [2.45, 2.75) is 76.4 Å². The first-order valence-electron chi connectivity index (χ1n) is 18.7. The molecule has 54 heavy (non-hydrogen) atoms. The van der Waals surface area contributed by atoms with Gasteiger partial charge in [-0.1, -0.05) is 25.1 Å². The molecule has 0 bridgehead atoms. The Labute approximate surface area is 313 Å². The number of carbonyl (C=O) groups excluding carboxylic acids is 5. The SMILES string of the molecule is CCC1(COC(=O)CC[C@H](NC(=O)c2cc(OCC(=O)N3CCC[C@H]3C(=O)NC3CCC3)n(-c3ccccc3)n2)C(=O)N2CCN(C(=O)O)CC2)COC1.